The molecule has 2 amide bonds. The molecule has 1 atom stereocenters. The Morgan fingerprint density at radius 1 is 1.04 bits per heavy atom. The summed E-state index contributed by atoms with van der Waals surface area (Å²) in [5.74, 6) is -0.304. The van der Waals surface area contributed by atoms with E-state index >= 15 is 0 Å². The maximum absolute atomic E-state index is 12.9. The molecule has 0 bridgehead atoms. The summed E-state index contributed by atoms with van der Waals surface area (Å²) in [6.07, 6.45) is 2.95. The predicted molar refractivity (Wildman–Crippen MR) is 98.3 cm³/mol. The first-order chi connectivity index (χ1) is 13.2. The number of hydrogen-bond donors (Lipinski definition) is 1. The number of amides is 2. The highest BCUT2D eigenvalue weighted by molar-refractivity contribution is 6.01. The van der Waals surface area contributed by atoms with Gasteiger partial charge in [0.2, 0.25) is 5.91 Å². The Morgan fingerprint density at radius 3 is 2.52 bits per heavy atom. The number of aromatic nitrogens is 4. The summed E-state index contributed by atoms with van der Waals surface area (Å²) in [5, 5.41) is 13.9. The zero-order valence-corrected chi connectivity index (χ0v) is 14.5. The lowest BCUT2D eigenvalue weighted by Gasteiger charge is -2.24. The van der Waals surface area contributed by atoms with Crippen molar-refractivity contribution >= 4 is 17.5 Å². The molecule has 2 heterocycles. The third-order valence-corrected chi connectivity index (χ3v) is 4.59. The second kappa shape index (κ2) is 7.36. The molecule has 2 aromatic carbocycles. The molecule has 1 aliphatic rings. The summed E-state index contributed by atoms with van der Waals surface area (Å²) < 4.78 is 1.51. The van der Waals surface area contributed by atoms with Crippen molar-refractivity contribution in [3.8, 4) is 5.69 Å². The van der Waals surface area contributed by atoms with Gasteiger partial charge in [-0.05, 0) is 59.7 Å². The highest BCUT2D eigenvalue weighted by Crippen LogP contribution is 2.22. The Balaban J connectivity index is 1.48. The number of para-hydroxylation sites is 1. The topological polar surface area (TPSA) is 93.0 Å². The normalized spacial score (nSPS) is 16.3. The minimum Gasteiger partial charge on any atom is -0.327 e. The van der Waals surface area contributed by atoms with Gasteiger partial charge in [-0.1, -0.05) is 18.2 Å². The number of hydrogen-bond acceptors (Lipinski definition) is 5. The van der Waals surface area contributed by atoms with Crippen molar-refractivity contribution in [1.29, 1.82) is 0 Å². The van der Waals surface area contributed by atoms with Crippen molar-refractivity contribution < 1.29 is 9.59 Å². The molecule has 0 radical (unpaired) electrons. The minimum absolute atomic E-state index is 0.149. The Hall–Kier alpha value is -3.55. The number of carbonyl (C=O) groups excluding carboxylic acids is 2. The SMILES string of the molecule is O=C(Nc1ccccc1)[C@@H]1CCCN1C(=O)c1ccc(-n2cnnn2)cc1. The van der Waals surface area contributed by atoms with Crippen LogP contribution in [-0.4, -0.2) is 49.5 Å². The van der Waals surface area contributed by atoms with Crippen molar-refractivity contribution in [1.82, 2.24) is 25.1 Å². The number of carbonyl (C=O) groups is 2. The maximum Gasteiger partial charge on any atom is 0.254 e. The second-order valence-electron chi connectivity index (χ2n) is 6.31. The molecule has 1 N–H and O–H groups in total. The smallest absolute Gasteiger partial charge is 0.254 e. The van der Waals surface area contributed by atoms with Gasteiger partial charge < -0.3 is 10.2 Å². The molecule has 1 fully saturated rings. The van der Waals surface area contributed by atoms with Crippen LogP contribution in [0.15, 0.2) is 60.9 Å². The molecule has 8 heteroatoms. The first-order valence-corrected chi connectivity index (χ1v) is 8.73. The van der Waals surface area contributed by atoms with Gasteiger partial charge in [0.05, 0.1) is 5.69 Å². The van der Waals surface area contributed by atoms with E-state index in [-0.39, 0.29) is 11.8 Å². The van der Waals surface area contributed by atoms with Crippen LogP contribution in [0, 0.1) is 0 Å². The van der Waals surface area contributed by atoms with Gasteiger partial charge in [-0.25, -0.2) is 4.68 Å². The number of benzene rings is 2. The Morgan fingerprint density at radius 2 is 1.81 bits per heavy atom. The van der Waals surface area contributed by atoms with Crippen LogP contribution in [0.1, 0.15) is 23.2 Å². The average Bonchev–Trinajstić information content (AvgIpc) is 3.40. The first kappa shape index (κ1) is 16.9. The molecule has 27 heavy (non-hydrogen) atoms. The first-order valence-electron chi connectivity index (χ1n) is 8.73. The minimum atomic E-state index is -0.461. The molecule has 3 aromatic rings. The number of anilines is 1. The van der Waals surface area contributed by atoms with Crippen molar-refractivity contribution in [2.75, 3.05) is 11.9 Å². The third kappa shape index (κ3) is 3.55. The molecule has 1 aliphatic heterocycles. The molecular weight excluding hydrogens is 344 g/mol. The zero-order valence-electron chi connectivity index (χ0n) is 14.5. The maximum atomic E-state index is 12.9. The molecule has 0 unspecified atom stereocenters. The van der Waals surface area contributed by atoms with Gasteiger partial charge in [0.15, 0.2) is 0 Å². The molecular formula is C19H18N6O2. The molecule has 1 aromatic heterocycles. The molecule has 8 nitrogen and oxygen atoms in total. The van der Waals surface area contributed by atoms with Crippen LogP contribution in [0.5, 0.6) is 0 Å². The zero-order chi connectivity index (χ0) is 18.6. The van der Waals surface area contributed by atoms with Gasteiger partial charge in [-0.15, -0.1) is 5.10 Å². The van der Waals surface area contributed by atoms with Crippen molar-refractivity contribution in [2.45, 2.75) is 18.9 Å². The van der Waals surface area contributed by atoms with Gasteiger partial charge in [0.25, 0.3) is 5.91 Å². The lowest BCUT2D eigenvalue weighted by atomic mass is 10.1. The molecule has 0 saturated carbocycles. The summed E-state index contributed by atoms with van der Waals surface area (Å²) >= 11 is 0. The Bertz CT molecular complexity index is 925. The van der Waals surface area contributed by atoms with Crippen LogP contribution in [0.3, 0.4) is 0 Å². The van der Waals surface area contributed by atoms with Crippen molar-refractivity contribution in [2.24, 2.45) is 0 Å². The summed E-state index contributed by atoms with van der Waals surface area (Å²) in [5.41, 5.74) is 2.02. The fraction of sp³-hybridized carbons (Fsp3) is 0.211. The summed E-state index contributed by atoms with van der Waals surface area (Å²) in [7, 11) is 0. The molecule has 1 saturated heterocycles. The van der Waals surface area contributed by atoms with Crippen LogP contribution in [0.2, 0.25) is 0 Å². The predicted octanol–water partition coefficient (Wildman–Crippen LogP) is 1.91. The van der Waals surface area contributed by atoms with Gasteiger partial charge >= 0.3 is 0 Å². The largest absolute Gasteiger partial charge is 0.327 e. The van der Waals surface area contributed by atoms with E-state index in [1.165, 1.54) is 11.0 Å². The average molecular weight is 362 g/mol. The lowest BCUT2D eigenvalue weighted by molar-refractivity contribution is -0.119. The summed E-state index contributed by atoms with van der Waals surface area (Å²) in [6.45, 7) is 0.570. The van der Waals surface area contributed by atoms with E-state index in [1.807, 2.05) is 30.3 Å². The van der Waals surface area contributed by atoms with E-state index in [1.54, 1.807) is 29.2 Å². The van der Waals surface area contributed by atoms with E-state index in [0.29, 0.717) is 18.5 Å². The van der Waals surface area contributed by atoms with E-state index in [9.17, 15) is 9.59 Å². The van der Waals surface area contributed by atoms with E-state index in [4.69, 9.17) is 0 Å². The number of nitrogens with zero attached hydrogens (tertiary/aromatic N) is 5. The van der Waals surface area contributed by atoms with Crippen molar-refractivity contribution in [3.05, 3.63) is 66.5 Å². The summed E-state index contributed by atoms with van der Waals surface area (Å²) in [4.78, 5) is 27.2. The van der Waals surface area contributed by atoms with Gasteiger partial charge in [0.1, 0.15) is 12.4 Å². The number of tetrazole rings is 1. The fourth-order valence-corrected chi connectivity index (χ4v) is 3.23. The molecule has 0 aliphatic carbocycles. The van der Waals surface area contributed by atoms with E-state index in [2.05, 4.69) is 20.8 Å². The fourth-order valence-electron chi connectivity index (χ4n) is 3.23. The van der Waals surface area contributed by atoms with Crippen molar-refractivity contribution in [3.63, 3.8) is 0 Å². The Kier molecular flexibility index (Phi) is 4.61. The highest BCUT2D eigenvalue weighted by Gasteiger charge is 2.34. The van der Waals surface area contributed by atoms with Crippen LogP contribution >= 0.6 is 0 Å². The lowest BCUT2D eigenvalue weighted by Crippen LogP contribution is -2.43. The van der Waals surface area contributed by atoms with Crippen LogP contribution < -0.4 is 5.32 Å². The van der Waals surface area contributed by atoms with Gasteiger partial charge in [-0.2, -0.15) is 0 Å². The number of nitrogens with one attached hydrogen (secondary N) is 1. The third-order valence-electron chi connectivity index (χ3n) is 4.59. The second-order valence-corrected chi connectivity index (χ2v) is 6.31. The molecule has 136 valence electrons. The molecule has 4 rings (SSSR count). The standard InChI is InChI=1S/C19H18N6O2/c26-18(21-15-5-2-1-3-6-15)17-7-4-12-24(17)19(27)14-8-10-16(11-9-14)25-13-20-22-23-25/h1-3,5-6,8-11,13,17H,4,7,12H2,(H,21,26)/t17-/m0/s1. The highest BCUT2D eigenvalue weighted by atomic mass is 16.2. The van der Waals surface area contributed by atoms with Crippen LogP contribution in [0.25, 0.3) is 5.69 Å². The Labute approximate surface area is 155 Å². The van der Waals surface area contributed by atoms with E-state index < -0.39 is 6.04 Å². The van der Waals surface area contributed by atoms with Gasteiger partial charge in [-0.3, -0.25) is 9.59 Å². The number of likely N-dealkylation sites (tertiary alicyclic amines) is 1. The monoisotopic (exact) mass is 362 g/mol. The van der Waals surface area contributed by atoms with Gasteiger partial charge in [0, 0.05) is 17.8 Å². The van der Waals surface area contributed by atoms with E-state index in [0.717, 1.165) is 17.8 Å². The van der Waals surface area contributed by atoms with Crippen LogP contribution in [-0.2, 0) is 4.79 Å². The number of rotatable bonds is 4. The van der Waals surface area contributed by atoms with Crippen LogP contribution in [0.4, 0.5) is 5.69 Å². The summed E-state index contributed by atoms with van der Waals surface area (Å²) in [6, 6.07) is 15.8. The molecule has 0 spiro atoms. The quantitative estimate of drug-likeness (QED) is 0.765.